The van der Waals surface area contributed by atoms with Crippen molar-refractivity contribution in [1.29, 1.82) is 0 Å². The Kier molecular flexibility index (Phi) is 4.77. The highest BCUT2D eigenvalue weighted by Gasteiger charge is 2.15. The van der Waals surface area contributed by atoms with Crippen molar-refractivity contribution in [1.82, 2.24) is 9.97 Å². The number of anilines is 1. The van der Waals surface area contributed by atoms with Crippen molar-refractivity contribution in [3.05, 3.63) is 41.8 Å². The van der Waals surface area contributed by atoms with E-state index in [2.05, 4.69) is 15.3 Å². The maximum atomic E-state index is 12.9. The van der Waals surface area contributed by atoms with Crippen molar-refractivity contribution in [3.63, 3.8) is 0 Å². The zero-order chi connectivity index (χ0) is 15.4. The fraction of sp³-hybridized carbons (Fsp3) is 0.333. The molecule has 112 valence electrons. The summed E-state index contributed by atoms with van der Waals surface area (Å²) >= 11 is 0. The Bertz CT molecular complexity index is 600. The number of rotatable bonds is 5. The molecular weight excluding hydrogens is 279 g/mol. The molecule has 2 aromatic rings. The second-order valence-corrected chi connectivity index (χ2v) is 4.76. The van der Waals surface area contributed by atoms with Crippen LogP contribution in [0.1, 0.15) is 32.4 Å². The summed E-state index contributed by atoms with van der Waals surface area (Å²) in [5, 5.41) is 2.98. The molecule has 0 bridgehead atoms. The van der Waals surface area contributed by atoms with Gasteiger partial charge in [0.25, 0.3) is 6.43 Å². The van der Waals surface area contributed by atoms with E-state index in [1.54, 1.807) is 0 Å². The monoisotopic (exact) mass is 295 g/mol. The van der Waals surface area contributed by atoms with Gasteiger partial charge in [0.2, 0.25) is 5.95 Å². The largest absolute Gasteiger partial charge is 0.352 e. The lowest BCUT2D eigenvalue weighted by Gasteiger charge is -2.13. The summed E-state index contributed by atoms with van der Waals surface area (Å²) in [4.78, 5) is 8.04. The van der Waals surface area contributed by atoms with E-state index in [0.717, 1.165) is 6.42 Å². The topological polar surface area (TPSA) is 37.8 Å². The van der Waals surface area contributed by atoms with E-state index in [-0.39, 0.29) is 23.5 Å². The number of alkyl halides is 2. The summed E-state index contributed by atoms with van der Waals surface area (Å²) in [7, 11) is 0. The smallest absolute Gasteiger partial charge is 0.280 e. The van der Waals surface area contributed by atoms with Gasteiger partial charge in [0, 0.05) is 11.6 Å². The standard InChI is InChI=1S/C15H16F3N3/c1-3-9(2)19-15-20-12(8-13(21-15)14(17)18)10-4-6-11(16)7-5-10/h4-9,14H,3H2,1-2H3,(H,19,20,21)/t9-/m0/s1. The zero-order valence-corrected chi connectivity index (χ0v) is 11.8. The quantitative estimate of drug-likeness (QED) is 0.886. The molecule has 2 rings (SSSR count). The summed E-state index contributed by atoms with van der Waals surface area (Å²) in [6, 6.07) is 6.82. The predicted molar refractivity (Wildman–Crippen MR) is 75.8 cm³/mol. The van der Waals surface area contributed by atoms with Gasteiger partial charge in [0.15, 0.2) is 0 Å². The van der Waals surface area contributed by atoms with Gasteiger partial charge in [-0.2, -0.15) is 0 Å². The highest BCUT2D eigenvalue weighted by Crippen LogP contribution is 2.25. The fourth-order valence-electron chi connectivity index (χ4n) is 1.73. The number of hydrogen-bond donors (Lipinski definition) is 1. The lowest BCUT2D eigenvalue weighted by Crippen LogP contribution is -2.16. The minimum absolute atomic E-state index is 0.0685. The Morgan fingerprint density at radius 3 is 2.38 bits per heavy atom. The predicted octanol–water partition coefficient (Wildman–Crippen LogP) is 4.43. The van der Waals surface area contributed by atoms with Gasteiger partial charge in [-0.05, 0) is 43.7 Å². The molecule has 21 heavy (non-hydrogen) atoms. The van der Waals surface area contributed by atoms with Crippen molar-refractivity contribution < 1.29 is 13.2 Å². The van der Waals surface area contributed by atoms with E-state index in [9.17, 15) is 13.2 Å². The van der Waals surface area contributed by atoms with Crippen LogP contribution in [0.15, 0.2) is 30.3 Å². The molecule has 1 aromatic carbocycles. The van der Waals surface area contributed by atoms with Crippen molar-refractivity contribution in [3.8, 4) is 11.3 Å². The van der Waals surface area contributed by atoms with Gasteiger partial charge >= 0.3 is 0 Å². The Labute approximate surface area is 121 Å². The van der Waals surface area contributed by atoms with E-state index in [4.69, 9.17) is 0 Å². The highest BCUT2D eigenvalue weighted by molar-refractivity contribution is 5.60. The summed E-state index contributed by atoms with van der Waals surface area (Å²) in [6.07, 6.45) is -1.88. The average Bonchev–Trinajstić information content (AvgIpc) is 2.47. The first kappa shape index (κ1) is 15.3. The van der Waals surface area contributed by atoms with Crippen LogP contribution in [0.25, 0.3) is 11.3 Å². The molecule has 3 nitrogen and oxygen atoms in total. The van der Waals surface area contributed by atoms with Crippen molar-refractivity contribution in [2.75, 3.05) is 5.32 Å². The van der Waals surface area contributed by atoms with Gasteiger partial charge < -0.3 is 5.32 Å². The molecule has 0 aliphatic carbocycles. The van der Waals surface area contributed by atoms with Crippen LogP contribution in [0.2, 0.25) is 0 Å². The highest BCUT2D eigenvalue weighted by atomic mass is 19.3. The molecule has 0 aliphatic rings. The van der Waals surface area contributed by atoms with Gasteiger partial charge in [-0.15, -0.1) is 0 Å². The van der Waals surface area contributed by atoms with Crippen LogP contribution in [0.3, 0.4) is 0 Å². The molecule has 0 fully saturated rings. The van der Waals surface area contributed by atoms with Crippen molar-refractivity contribution in [2.24, 2.45) is 0 Å². The van der Waals surface area contributed by atoms with Crippen LogP contribution in [-0.4, -0.2) is 16.0 Å². The van der Waals surface area contributed by atoms with E-state index in [1.807, 2.05) is 13.8 Å². The molecule has 1 aromatic heterocycles. The molecule has 1 heterocycles. The van der Waals surface area contributed by atoms with E-state index in [1.165, 1.54) is 30.3 Å². The Balaban J connectivity index is 2.42. The molecule has 0 unspecified atom stereocenters. The molecule has 0 spiro atoms. The molecule has 0 saturated heterocycles. The Hall–Kier alpha value is -2.11. The number of aromatic nitrogens is 2. The molecular formula is C15H16F3N3. The minimum atomic E-state index is -2.69. The molecule has 6 heteroatoms. The first-order valence-electron chi connectivity index (χ1n) is 6.69. The van der Waals surface area contributed by atoms with Crippen LogP contribution in [-0.2, 0) is 0 Å². The van der Waals surface area contributed by atoms with Crippen LogP contribution in [0.4, 0.5) is 19.1 Å². The first-order valence-corrected chi connectivity index (χ1v) is 6.69. The van der Waals surface area contributed by atoms with Gasteiger partial charge in [0.05, 0.1) is 5.69 Å². The molecule has 0 saturated carbocycles. The van der Waals surface area contributed by atoms with Crippen molar-refractivity contribution in [2.45, 2.75) is 32.7 Å². The van der Waals surface area contributed by atoms with Crippen LogP contribution >= 0.6 is 0 Å². The molecule has 1 N–H and O–H groups in total. The van der Waals surface area contributed by atoms with Crippen molar-refractivity contribution >= 4 is 5.95 Å². The number of nitrogens with zero attached hydrogens (tertiary/aromatic N) is 2. The summed E-state index contributed by atoms with van der Waals surface area (Å²) in [5.41, 5.74) is 0.550. The second kappa shape index (κ2) is 6.56. The van der Waals surface area contributed by atoms with Crippen LogP contribution in [0, 0.1) is 5.82 Å². The normalized spacial score (nSPS) is 12.5. The average molecular weight is 295 g/mol. The molecule has 0 amide bonds. The number of hydrogen-bond acceptors (Lipinski definition) is 3. The maximum absolute atomic E-state index is 12.9. The van der Waals surface area contributed by atoms with Gasteiger partial charge in [-0.25, -0.2) is 23.1 Å². The summed E-state index contributed by atoms with van der Waals surface area (Å²) in [5.74, 6) is -0.235. The SMILES string of the molecule is CC[C@H](C)Nc1nc(-c2ccc(F)cc2)cc(C(F)F)n1. The number of halogens is 3. The van der Waals surface area contributed by atoms with Gasteiger partial charge in [-0.3, -0.25) is 0 Å². The Morgan fingerprint density at radius 1 is 1.14 bits per heavy atom. The maximum Gasteiger partial charge on any atom is 0.280 e. The Morgan fingerprint density at radius 2 is 1.81 bits per heavy atom. The molecule has 0 radical (unpaired) electrons. The molecule has 0 aliphatic heterocycles. The summed E-state index contributed by atoms with van der Waals surface area (Å²) in [6.45, 7) is 3.88. The zero-order valence-electron chi connectivity index (χ0n) is 11.8. The van der Waals surface area contributed by atoms with E-state index in [0.29, 0.717) is 11.3 Å². The lowest BCUT2D eigenvalue weighted by molar-refractivity contribution is 0.146. The first-order chi connectivity index (χ1) is 9.99. The van der Waals surface area contributed by atoms with E-state index < -0.39 is 6.43 Å². The number of benzene rings is 1. The van der Waals surface area contributed by atoms with Crippen LogP contribution < -0.4 is 5.32 Å². The lowest BCUT2D eigenvalue weighted by atomic mass is 10.1. The summed E-state index contributed by atoms with van der Waals surface area (Å²) < 4.78 is 38.8. The second-order valence-electron chi connectivity index (χ2n) is 4.76. The third kappa shape index (κ3) is 3.93. The molecule has 1 atom stereocenters. The van der Waals surface area contributed by atoms with E-state index >= 15 is 0 Å². The van der Waals surface area contributed by atoms with Crippen LogP contribution in [0.5, 0.6) is 0 Å². The number of nitrogens with one attached hydrogen (secondary N) is 1. The third-order valence-electron chi connectivity index (χ3n) is 3.10. The van der Waals surface area contributed by atoms with Gasteiger partial charge in [-0.1, -0.05) is 6.92 Å². The minimum Gasteiger partial charge on any atom is -0.352 e. The fourth-order valence-corrected chi connectivity index (χ4v) is 1.73. The third-order valence-corrected chi connectivity index (χ3v) is 3.10. The van der Waals surface area contributed by atoms with Gasteiger partial charge in [0.1, 0.15) is 11.5 Å².